The van der Waals surface area contributed by atoms with Crippen LogP contribution >= 0.6 is 20.3 Å². The van der Waals surface area contributed by atoms with E-state index in [4.69, 9.17) is 4.74 Å². The van der Waals surface area contributed by atoms with Gasteiger partial charge in [-0.2, -0.15) is 10.3 Å². The average Bonchev–Trinajstić information content (AvgIpc) is 2.95. The van der Waals surface area contributed by atoms with Gasteiger partial charge < -0.3 is 14.5 Å². The number of benzene rings is 3. The van der Waals surface area contributed by atoms with E-state index in [0.717, 1.165) is 12.2 Å². The predicted octanol–water partition coefficient (Wildman–Crippen LogP) is 6.41. The topological polar surface area (TPSA) is 92.0 Å². The number of hydrogen-bond donors (Lipinski definition) is 3. The van der Waals surface area contributed by atoms with Gasteiger partial charge in [-0.15, -0.1) is 16.7 Å². The molecule has 0 bridgehead atoms. The van der Waals surface area contributed by atoms with Crippen molar-refractivity contribution >= 4 is 20.3 Å². The summed E-state index contributed by atoms with van der Waals surface area (Å²) in [6.45, 7) is 8.34. The Morgan fingerprint density at radius 2 is 1.38 bits per heavy atom. The van der Waals surface area contributed by atoms with E-state index in [-0.39, 0.29) is 23.8 Å². The van der Waals surface area contributed by atoms with Gasteiger partial charge in [0.05, 0.1) is 10.8 Å². The van der Waals surface area contributed by atoms with Crippen molar-refractivity contribution in [2.75, 3.05) is 18.9 Å². The van der Waals surface area contributed by atoms with Gasteiger partial charge in [-0.3, -0.25) is 0 Å². The lowest BCUT2D eigenvalue weighted by Gasteiger charge is -2.45. The van der Waals surface area contributed by atoms with E-state index in [1.165, 1.54) is 21.6 Å². The molecule has 0 saturated heterocycles. The van der Waals surface area contributed by atoms with Crippen LogP contribution in [0.2, 0.25) is 0 Å². The molecule has 0 aliphatic carbocycles. The van der Waals surface area contributed by atoms with E-state index >= 15 is 0 Å². The molecule has 214 valence electrons. The van der Waals surface area contributed by atoms with Crippen LogP contribution in [0.4, 0.5) is 0 Å². The van der Waals surface area contributed by atoms with Crippen LogP contribution in [-0.2, 0) is 9.48 Å². The Morgan fingerprint density at radius 3 is 1.77 bits per heavy atom. The zero-order chi connectivity index (χ0) is 29.0. The maximum absolute atomic E-state index is 10.1. The molecule has 9 heteroatoms. The van der Waals surface area contributed by atoms with E-state index in [9.17, 15) is 15.0 Å². The van der Waals surface area contributed by atoms with Gasteiger partial charge >= 0.3 is 0 Å². The summed E-state index contributed by atoms with van der Waals surface area (Å²) in [7, 11) is -2.48. The lowest BCUT2D eigenvalue weighted by atomic mass is 9.84. The number of nitrogens with one attached hydrogen (secondary N) is 1. The third-order valence-electron chi connectivity index (χ3n) is 6.43. The molecule has 0 saturated carbocycles. The van der Waals surface area contributed by atoms with Crippen molar-refractivity contribution in [3.8, 4) is 6.07 Å². The van der Waals surface area contributed by atoms with Gasteiger partial charge in [0.1, 0.15) is 5.72 Å². The molecule has 3 aromatic carbocycles. The predicted molar refractivity (Wildman–Crippen MR) is 165 cm³/mol. The lowest BCUT2D eigenvalue weighted by Crippen LogP contribution is -2.59. The molecule has 3 N–H and O–H groups in total. The third-order valence-corrected chi connectivity index (χ3v) is 8.74. The van der Waals surface area contributed by atoms with E-state index in [0.29, 0.717) is 6.61 Å². The van der Waals surface area contributed by atoms with Crippen molar-refractivity contribution in [2.24, 2.45) is 0 Å². The molecule has 40 heavy (non-hydrogen) atoms. The van der Waals surface area contributed by atoms with Gasteiger partial charge in [-0.05, 0) is 56.6 Å². The molecule has 0 radical (unpaired) electrons. The summed E-state index contributed by atoms with van der Waals surface area (Å²) in [6.07, 6.45) is 0.995. The van der Waals surface area contributed by atoms with Crippen LogP contribution in [0.25, 0.3) is 0 Å². The number of thioether (sulfide) groups is 1. The van der Waals surface area contributed by atoms with Crippen LogP contribution in [-0.4, -0.2) is 50.4 Å². The molecule has 0 atom stereocenters. The third kappa shape index (κ3) is 8.36. The normalized spacial score (nSPS) is 12.4. The van der Waals surface area contributed by atoms with Crippen molar-refractivity contribution in [3.63, 3.8) is 0 Å². The maximum Gasteiger partial charge on any atom is 0.283 e. The van der Waals surface area contributed by atoms with Crippen LogP contribution in [0, 0.1) is 11.3 Å². The molecular weight excluding hydrogens is 539 g/mol. The molecule has 7 nitrogen and oxygen atoms in total. The molecule has 0 aliphatic heterocycles. The smallest absolute Gasteiger partial charge is 0.283 e. The summed E-state index contributed by atoms with van der Waals surface area (Å²) in [5.74, 6) is 0.827. The highest BCUT2D eigenvalue weighted by molar-refractivity contribution is 8.00. The molecule has 0 fully saturated rings. The number of nitrogens with zero attached hydrogens (tertiary/aromatic N) is 3. The minimum absolute atomic E-state index is 0.0387. The molecule has 0 spiro atoms. The molecular formula is C31H41N4O3PS. The number of hydrazine groups is 2. The maximum atomic E-state index is 10.1. The highest BCUT2D eigenvalue weighted by atomic mass is 32.2. The Kier molecular flexibility index (Phi) is 12.6. The van der Waals surface area contributed by atoms with Crippen molar-refractivity contribution < 1.29 is 14.5 Å². The van der Waals surface area contributed by atoms with Crippen LogP contribution in [0.15, 0.2) is 91.0 Å². The van der Waals surface area contributed by atoms with Gasteiger partial charge in [0.15, 0.2) is 0 Å². The molecule has 0 unspecified atom stereocenters. The van der Waals surface area contributed by atoms with E-state index < -0.39 is 14.3 Å². The van der Waals surface area contributed by atoms with Crippen LogP contribution in [0.5, 0.6) is 0 Å². The zero-order valence-corrected chi connectivity index (χ0v) is 25.5. The second-order valence-electron chi connectivity index (χ2n) is 10.1. The summed E-state index contributed by atoms with van der Waals surface area (Å²) in [5, 5.41) is 10.9. The lowest BCUT2D eigenvalue weighted by molar-refractivity contribution is -0.210. The van der Waals surface area contributed by atoms with Gasteiger partial charge in [0.2, 0.25) is 0 Å². The Labute approximate surface area is 244 Å². The van der Waals surface area contributed by atoms with E-state index in [1.54, 1.807) is 5.01 Å². The van der Waals surface area contributed by atoms with Gasteiger partial charge in [-0.25, -0.2) is 5.43 Å². The summed E-state index contributed by atoms with van der Waals surface area (Å²) in [4.78, 5) is 21.5. The minimum atomic E-state index is -2.48. The van der Waals surface area contributed by atoms with Crippen LogP contribution < -0.4 is 5.43 Å². The second kappa shape index (κ2) is 15.6. The first kappa shape index (κ1) is 32.2. The van der Waals surface area contributed by atoms with Crippen molar-refractivity contribution in [1.29, 1.82) is 5.26 Å². The van der Waals surface area contributed by atoms with E-state index in [1.807, 2.05) is 57.7 Å². The first-order valence-electron chi connectivity index (χ1n) is 13.6. The SMILES string of the molecule is CC(C)NN(N(CCC#N)C(C)(C)OCCCSC(c1ccccc1)(c1ccccc1)c1ccccc1)P(O)O. The highest BCUT2D eigenvalue weighted by Gasteiger charge is 2.38. The van der Waals surface area contributed by atoms with Crippen LogP contribution in [0.3, 0.4) is 0 Å². The fourth-order valence-electron chi connectivity index (χ4n) is 4.65. The summed E-state index contributed by atoms with van der Waals surface area (Å²) < 4.78 is 5.95. The fourth-order valence-corrected chi connectivity index (χ4v) is 6.95. The van der Waals surface area contributed by atoms with Crippen LogP contribution in [0.1, 0.15) is 57.2 Å². The Morgan fingerprint density at radius 1 is 0.900 bits per heavy atom. The molecule has 0 aromatic heterocycles. The minimum Gasteiger partial charge on any atom is -0.360 e. The number of hydrogen-bond acceptors (Lipinski definition) is 8. The van der Waals surface area contributed by atoms with Gasteiger partial charge in [-0.1, -0.05) is 91.0 Å². The standard InChI is InChI=1S/C31H41N4O3PS/c1-26(2)33-35(39(36)37)34(23-14-22-32)30(3,4)38-24-15-25-40-31(27-16-8-5-9-17-27,28-18-10-6-11-19-28)29-20-12-7-13-21-29/h5-13,16-21,26,33,36-37H,14-15,23-25H2,1-4H3. The largest absolute Gasteiger partial charge is 0.360 e. The quantitative estimate of drug-likeness (QED) is 0.0589. The summed E-state index contributed by atoms with van der Waals surface area (Å²) in [6, 6.07) is 33.9. The number of nitriles is 1. The number of ether oxygens (including phenoxy) is 1. The average molecular weight is 581 g/mol. The first-order chi connectivity index (χ1) is 19.2. The monoisotopic (exact) mass is 580 g/mol. The molecule has 3 rings (SSSR count). The molecule has 0 amide bonds. The van der Waals surface area contributed by atoms with Gasteiger partial charge in [0, 0.05) is 25.6 Å². The summed E-state index contributed by atoms with van der Waals surface area (Å²) >= 11 is 1.88. The number of rotatable bonds is 16. The van der Waals surface area contributed by atoms with E-state index in [2.05, 4.69) is 84.3 Å². The summed E-state index contributed by atoms with van der Waals surface area (Å²) in [5.41, 5.74) is 5.84. The molecule has 3 aromatic rings. The van der Waals surface area contributed by atoms with Gasteiger partial charge in [0.25, 0.3) is 8.53 Å². The highest BCUT2D eigenvalue weighted by Crippen LogP contribution is 2.48. The Balaban J connectivity index is 1.80. The fraction of sp³-hybridized carbons (Fsp3) is 0.387. The molecule has 0 heterocycles. The van der Waals surface area contributed by atoms with Crippen molar-refractivity contribution in [1.82, 2.24) is 15.3 Å². The zero-order valence-electron chi connectivity index (χ0n) is 23.8. The molecule has 0 aliphatic rings. The Hall–Kier alpha value is -2.31. The van der Waals surface area contributed by atoms with Crippen molar-refractivity contribution in [3.05, 3.63) is 108 Å². The Bertz CT molecular complexity index is 1080. The first-order valence-corrected chi connectivity index (χ1v) is 15.7. The second-order valence-corrected chi connectivity index (χ2v) is 12.4. The van der Waals surface area contributed by atoms with Crippen molar-refractivity contribution in [2.45, 2.75) is 57.1 Å².